The predicted octanol–water partition coefficient (Wildman–Crippen LogP) is -3.09. The maximum absolute atomic E-state index is 3.19. The van der Waals surface area contributed by atoms with E-state index in [1.807, 2.05) is 16.3 Å². The van der Waals surface area contributed by atoms with Gasteiger partial charge in [0.1, 0.15) is 0 Å². The van der Waals surface area contributed by atoms with Crippen molar-refractivity contribution in [1.82, 2.24) is 0 Å². The topological polar surface area (TPSA) is 0 Å². The summed E-state index contributed by atoms with van der Waals surface area (Å²) >= 11 is 0. The van der Waals surface area contributed by atoms with E-state index < -0.39 is 0 Å². The Hall–Kier alpha value is 0.760. The summed E-state index contributed by atoms with van der Waals surface area (Å²) in [6.45, 7) is 4.22. The molecule has 0 fully saturated rings. The molecule has 0 N–H and O–H groups in total. The summed E-state index contributed by atoms with van der Waals surface area (Å²) in [4.78, 5) is 0. The van der Waals surface area contributed by atoms with Gasteiger partial charge in [0.05, 0.1) is 0 Å². The molecular weight excluding hydrogens is 447 g/mol. The van der Waals surface area contributed by atoms with Crippen LogP contribution in [0, 0.1) is 6.08 Å². The van der Waals surface area contributed by atoms with Gasteiger partial charge in [-0.1, -0.05) is 42.8 Å². The Labute approximate surface area is 154 Å². The fourth-order valence-electron chi connectivity index (χ4n) is 1.29. The van der Waals surface area contributed by atoms with Crippen LogP contribution in [0.3, 0.4) is 0 Å². The Morgan fingerprint density at radius 2 is 1.67 bits per heavy atom. The van der Waals surface area contributed by atoms with Crippen molar-refractivity contribution in [1.29, 1.82) is 0 Å². The van der Waals surface area contributed by atoms with Crippen LogP contribution in [0.1, 0.15) is 25.8 Å². The average molecular weight is 465 g/mol. The van der Waals surface area contributed by atoms with Crippen molar-refractivity contribution in [3.8, 4) is 0 Å². The number of hydrogen-bond acceptors (Lipinski definition) is 0. The second kappa shape index (κ2) is 14.2. The van der Waals surface area contributed by atoms with E-state index in [2.05, 4.69) is 50.3 Å². The number of hydrogen-bond donors (Lipinski definition) is 0. The van der Waals surface area contributed by atoms with Gasteiger partial charge in [0.2, 0.25) is 0 Å². The van der Waals surface area contributed by atoms with E-state index in [4.69, 9.17) is 0 Å². The largest absolute Gasteiger partial charge is 3.00 e. The van der Waals surface area contributed by atoms with Crippen LogP contribution in [-0.4, -0.2) is 10.2 Å². The van der Waals surface area contributed by atoms with Crippen LogP contribution < -0.4 is 34.0 Å². The van der Waals surface area contributed by atoms with Crippen LogP contribution in [0.15, 0.2) is 47.6 Å². The number of allylic oxidation sites excluding steroid dienone is 4. The van der Waals surface area contributed by atoms with Gasteiger partial charge < -0.3 is 34.0 Å². The first-order chi connectivity index (χ1) is 7.24. The van der Waals surface area contributed by atoms with Crippen LogP contribution in [0.2, 0.25) is 0 Å². The quantitative estimate of drug-likeness (QED) is 0.305. The van der Waals surface area contributed by atoms with Gasteiger partial charge in [-0.15, -0.1) is 13.3 Å². The minimum absolute atomic E-state index is 0. The Kier molecular flexibility index (Phi) is 18.8. The molecule has 2 radical (unpaired) electrons. The molecule has 0 aromatic heterocycles. The Bertz CT molecular complexity index is 345. The summed E-state index contributed by atoms with van der Waals surface area (Å²) in [6, 6.07) is 11.6. The van der Waals surface area contributed by atoms with Gasteiger partial charge in [-0.2, -0.15) is 6.08 Å². The van der Waals surface area contributed by atoms with E-state index in [0.717, 1.165) is 6.42 Å². The Morgan fingerprint density at radius 3 is 1.89 bits per heavy atom. The van der Waals surface area contributed by atoms with Gasteiger partial charge in [0.15, 0.2) is 0 Å². The second-order valence-corrected chi connectivity index (χ2v) is 4.13. The molecule has 0 nitrogen and oxygen atoms in total. The third-order valence-corrected chi connectivity index (χ3v) is 3.08. The molecule has 0 aliphatic heterocycles. The summed E-state index contributed by atoms with van der Waals surface area (Å²) < 4.78 is 0. The number of benzene rings is 1. The zero-order valence-corrected chi connectivity index (χ0v) is 17.9. The third kappa shape index (κ3) is 9.66. The van der Waals surface area contributed by atoms with E-state index in [0.29, 0.717) is 0 Å². The van der Waals surface area contributed by atoms with Crippen molar-refractivity contribution in [3.05, 3.63) is 59.2 Å². The van der Waals surface area contributed by atoms with Crippen LogP contribution in [0.4, 0.5) is 0 Å². The number of halogens is 2. The standard InChI is InChI=1S/C7H9Si.C7H9.2BrH.Zr/c8-6-7-4-2-1-3-5-7;1-6-4-3-5-7(6)2;;;/h1-5H,6,8H2;4H,3H2,1-2H3;2*1H;/q;-1;;;+3/p-2. The number of rotatable bonds is 1. The van der Waals surface area contributed by atoms with Crippen molar-refractivity contribution in [3.63, 3.8) is 0 Å². The van der Waals surface area contributed by atoms with Crippen molar-refractivity contribution in [2.75, 3.05) is 0 Å². The monoisotopic (exact) mass is 462 g/mol. The fraction of sp³-hybridized carbons (Fsp3) is 0.286. The first-order valence-corrected chi connectivity index (χ1v) is 6.31. The summed E-state index contributed by atoms with van der Waals surface area (Å²) in [5.41, 5.74) is 4.13. The molecule has 0 spiro atoms. The van der Waals surface area contributed by atoms with E-state index in [1.54, 1.807) is 0 Å². The smallest absolute Gasteiger partial charge is 1.00 e. The molecule has 0 bridgehead atoms. The van der Waals surface area contributed by atoms with Gasteiger partial charge in [-0.05, 0) is 6.04 Å². The van der Waals surface area contributed by atoms with Gasteiger partial charge in [-0.3, -0.25) is 6.08 Å². The van der Waals surface area contributed by atoms with E-state index in [1.165, 1.54) is 22.8 Å². The van der Waals surface area contributed by atoms with Crippen LogP contribution >= 0.6 is 0 Å². The molecule has 0 heterocycles. The minimum Gasteiger partial charge on any atom is -1.00 e. The molecular formula is C14H18Br2SiZr. The normalized spacial score (nSPS) is 11.5. The van der Waals surface area contributed by atoms with Crippen LogP contribution in [-0.2, 0) is 32.2 Å². The van der Waals surface area contributed by atoms with E-state index >= 15 is 0 Å². The molecule has 1 aromatic carbocycles. The second-order valence-electron chi connectivity index (χ2n) is 3.63. The zero-order valence-electron chi connectivity index (χ0n) is 10.8. The minimum atomic E-state index is 0. The van der Waals surface area contributed by atoms with Crippen molar-refractivity contribution in [2.45, 2.75) is 26.3 Å². The molecule has 96 valence electrons. The molecule has 0 atom stereocenters. The molecule has 18 heavy (non-hydrogen) atoms. The average Bonchev–Trinajstić information content (AvgIpc) is 2.65. The molecule has 1 aliphatic carbocycles. The summed E-state index contributed by atoms with van der Waals surface area (Å²) in [5.74, 6) is 0. The van der Waals surface area contributed by atoms with Gasteiger partial charge >= 0.3 is 26.2 Å². The van der Waals surface area contributed by atoms with Crippen molar-refractivity contribution in [2.24, 2.45) is 0 Å². The summed E-state index contributed by atoms with van der Waals surface area (Å²) in [5, 5.41) is 0. The molecule has 1 aliphatic rings. The third-order valence-electron chi connectivity index (χ3n) is 2.50. The maximum Gasteiger partial charge on any atom is 3.00 e. The first-order valence-electron chi connectivity index (χ1n) is 5.31. The van der Waals surface area contributed by atoms with Gasteiger partial charge in [-0.25, -0.2) is 11.1 Å². The molecule has 4 heteroatoms. The molecule has 0 saturated carbocycles. The van der Waals surface area contributed by atoms with Crippen LogP contribution in [0.5, 0.6) is 0 Å². The summed E-state index contributed by atoms with van der Waals surface area (Å²) in [6.07, 6.45) is 6.41. The molecule has 1 aromatic rings. The van der Waals surface area contributed by atoms with E-state index in [9.17, 15) is 0 Å². The fourth-order valence-corrected chi connectivity index (χ4v) is 1.63. The molecule has 0 amide bonds. The SMILES string of the molecule is CC1=[C-]CC=C1C.[Br-].[Br-].[SiH2]Cc1ccccc1.[Zr+3]. The Morgan fingerprint density at radius 1 is 1.11 bits per heavy atom. The molecule has 0 saturated heterocycles. The van der Waals surface area contributed by atoms with Gasteiger partial charge in [0.25, 0.3) is 0 Å². The van der Waals surface area contributed by atoms with Crippen molar-refractivity contribution < 1.29 is 60.2 Å². The zero-order chi connectivity index (χ0) is 11.1. The predicted molar refractivity (Wildman–Crippen MR) is 69.5 cm³/mol. The Balaban J connectivity index is -0.000000215. The van der Waals surface area contributed by atoms with Gasteiger partial charge in [0, 0.05) is 10.2 Å². The van der Waals surface area contributed by atoms with E-state index in [-0.39, 0.29) is 60.2 Å². The summed E-state index contributed by atoms with van der Waals surface area (Å²) in [7, 11) is 1.98. The van der Waals surface area contributed by atoms with Crippen molar-refractivity contribution >= 4 is 10.2 Å². The molecule has 2 rings (SSSR count). The molecule has 0 unspecified atom stereocenters. The van der Waals surface area contributed by atoms with Crippen LogP contribution in [0.25, 0.3) is 0 Å². The maximum atomic E-state index is 3.19. The first kappa shape index (κ1) is 23.8.